The zero-order valence-electron chi connectivity index (χ0n) is 17.4. The number of rotatable bonds is 7. The van der Waals surface area contributed by atoms with Gasteiger partial charge in [0.15, 0.2) is 0 Å². The van der Waals surface area contributed by atoms with E-state index in [1.165, 1.54) is 0 Å². The molecule has 156 valence electrons. The highest BCUT2D eigenvalue weighted by molar-refractivity contribution is 5.91. The molecule has 1 aliphatic heterocycles. The molecule has 0 radical (unpaired) electrons. The van der Waals surface area contributed by atoms with Crippen LogP contribution < -0.4 is 9.64 Å². The maximum atomic E-state index is 12.9. The van der Waals surface area contributed by atoms with E-state index < -0.39 is 6.10 Å². The minimum absolute atomic E-state index is 0.0260. The Bertz CT molecular complexity index is 761. The number of carbonyl (C=O) groups excluding carboxylic acids is 1. The minimum atomic E-state index is -0.538. The standard InChI is InChI=1S/C23H32N3O3/c1-3-26(18-21(27)19-29-22-12-8-5-9-13-22)16-14-25(15-17-26)23(28)24(2)20-10-6-4-7-11-20/h4-13,21,27H,3,14-19H2,1-2H3/q+1. The van der Waals surface area contributed by atoms with E-state index in [0.717, 1.165) is 35.6 Å². The molecule has 1 N–H and O–H groups in total. The average Bonchev–Trinajstić information content (AvgIpc) is 2.78. The van der Waals surface area contributed by atoms with Gasteiger partial charge in [-0.2, -0.15) is 0 Å². The molecular weight excluding hydrogens is 366 g/mol. The Hall–Kier alpha value is -2.57. The summed E-state index contributed by atoms with van der Waals surface area (Å²) in [6.07, 6.45) is -0.538. The lowest BCUT2D eigenvalue weighted by molar-refractivity contribution is -0.932. The van der Waals surface area contributed by atoms with E-state index in [-0.39, 0.29) is 12.6 Å². The van der Waals surface area contributed by atoms with Gasteiger partial charge in [-0.3, -0.25) is 4.90 Å². The van der Waals surface area contributed by atoms with Crippen LogP contribution in [-0.4, -0.2) is 79.5 Å². The van der Waals surface area contributed by atoms with Gasteiger partial charge >= 0.3 is 6.03 Å². The maximum absolute atomic E-state index is 12.9. The van der Waals surface area contributed by atoms with Gasteiger partial charge in [0.2, 0.25) is 0 Å². The fourth-order valence-electron chi connectivity index (χ4n) is 3.89. The Morgan fingerprint density at radius 1 is 1.10 bits per heavy atom. The summed E-state index contributed by atoms with van der Waals surface area (Å²) in [6, 6.07) is 19.3. The van der Waals surface area contributed by atoms with Crippen molar-refractivity contribution in [3.63, 3.8) is 0 Å². The Labute approximate surface area is 173 Å². The number of carbonyl (C=O) groups is 1. The Morgan fingerprint density at radius 2 is 1.69 bits per heavy atom. The molecule has 1 unspecified atom stereocenters. The molecule has 0 spiro atoms. The van der Waals surface area contributed by atoms with Crippen LogP contribution in [0.3, 0.4) is 0 Å². The van der Waals surface area contributed by atoms with Crippen LogP contribution in [0, 0.1) is 0 Å². The number of hydrogen-bond donors (Lipinski definition) is 1. The molecule has 2 aromatic rings. The predicted octanol–water partition coefficient (Wildman–Crippen LogP) is 2.84. The van der Waals surface area contributed by atoms with Crippen LogP contribution >= 0.6 is 0 Å². The first-order valence-electron chi connectivity index (χ1n) is 10.3. The average molecular weight is 399 g/mol. The number of likely N-dealkylation sites (N-methyl/N-ethyl adjacent to an activating group) is 1. The predicted molar refractivity (Wildman–Crippen MR) is 115 cm³/mol. The molecule has 1 fully saturated rings. The number of aliphatic hydroxyl groups is 1. The van der Waals surface area contributed by atoms with Crippen molar-refractivity contribution < 1.29 is 19.1 Å². The third-order valence-corrected chi connectivity index (χ3v) is 5.84. The molecule has 1 saturated heterocycles. The van der Waals surface area contributed by atoms with Gasteiger partial charge in [-0.05, 0) is 31.2 Å². The first-order chi connectivity index (χ1) is 14.0. The number of amides is 2. The number of para-hydroxylation sites is 2. The maximum Gasteiger partial charge on any atom is 0.324 e. The van der Waals surface area contributed by atoms with Crippen LogP contribution in [0.15, 0.2) is 60.7 Å². The summed E-state index contributed by atoms with van der Waals surface area (Å²) in [5.74, 6) is 0.772. The number of quaternary nitrogens is 1. The number of anilines is 1. The van der Waals surface area contributed by atoms with Gasteiger partial charge in [-0.15, -0.1) is 0 Å². The zero-order chi connectivity index (χ0) is 20.7. The molecule has 1 heterocycles. The van der Waals surface area contributed by atoms with E-state index in [2.05, 4.69) is 6.92 Å². The largest absolute Gasteiger partial charge is 0.491 e. The third-order valence-electron chi connectivity index (χ3n) is 5.84. The van der Waals surface area contributed by atoms with Gasteiger partial charge in [-0.1, -0.05) is 36.4 Å². The van der Waals surface area contributed by atoms with Crippen LogP contribution in [0.5, 0.6) is 5.75 Å². The molecule has 6 nitrogen and oxygen atoms in total. The van der Waals surface area contributed by atoms with E-state index in [9.17, 15) is 9.90 Å². The summed E-state index contributed by atoms with van der Waals surface area (Å²) in [7, 11) is 1.82. The van der Waals surface area contributed by atoms with Gasteiger partial charge < -0.3 is 19.2 Å². The Kier molecular flexibility index (Phi) is 7.12. The number of hydrogen-bond acceptors (Lipinski definition) is 3. The quantitative estimate of drug-likeness (QED) is 0.730. The minimum Gasteiger partial charge on any atom is -0.491 e. The second-order valence-corrected chi connectivity index (χ2v) is 7.73. The smallest absolute Gasteiger partial charge is 0.324 e. The van der Waals surface area contributed by atoms with Gasteiger partial charge in [0.25, 0.3) is 0 Å². The molecular formula is C23H32N3O3+. The van der Waals surface area contributed by atoms with Crippen molar-refractivity contribution in [1.29, 1.82) is 0 Å². The highest BCUT2D eigenvalue weighted by Gasteiger charge is 2.36. The monoisotopic (exact) mass is 398 g/mol. The van der Waals surface area contributed by atoms with Crippen LogP contribution in [-0.2, 0) is 0 Å². The van der Waals surface area contributed by atoms with Crippen LogP contribution in [0.25, 0.3) is 0 Å². The van der Waals surface area contributed by atoms with E-state index in [0.29, 0.717) is 19.6 Å². The lowest BCUT2D eigenvalue weighted by atomic mass is 10.2. The first kappa shape index (κ1) is 21.1. The van der Waals surface area contributed by atoms with Crippen molar-refractivity contribution in [1.82, 2.24) is 4.90 Å². The molecule has 0 saturated carbocycles. The number of piperazine rings is 1. The van der Waals surface area contributed by atoms with E-state index in [1.807, 2.05) is 72.6 Å². The van der Waals surface area contributed by atoms with Gasteiger partial charge in [0, 0.05) is 12.7 Å². The SMILES string of the molecule is CC[N+]1(CC(O)COc2ccccc2)CCN(C(=O)N(C)c2ccccc2)CC1. The van der Waals surface area contributed by atoms with Crippen LogP contribution in [0.2, 0.25) is 0 Å². The molecule has 6 heteroatoms. The van der Waals surface area contributed by atoms with E-state index >= 15 is 0 Å². The highest BCUT2D eigenvalue weighted by atomic mass is 16.5. The molecule has 2 aromatic carbocycles. The number of nitrogens with zero attached hydrogens (tertiary/aromatic N) is 3. The summed E-state index contributed by atoms with van der Waals surface area (Å²) < 4.78 is 6.51. The third kappa shape index (κ3) is 5.49. The van der Waals surface area contributed by atoms with Gasteiger partial charge in [0.05, 0.1) is 32.7 Å². The summed E-state index contributed by atoms with van der Waals surface area (Å²) in [5.41, 5.74) is 0.896. The second-order valence-electron chi connectivity index (χ2n) is 7.73. The lowest BCUT2D eigenvalue weighted by Gasteiger charge is -2.45. The normalized spacial score (nSPS) is 16.9. The van der Waals surface area contributed by atoms with Gasteiger partial charge in [0.1, 0.15) is 25.0 Å². The Balaban J connectivity index is 1.51. The summed E-state index contributed by atoms with van der Waals surface area (Å²) in [5, 5.41) is 10.5. The fourth-order valence-corrected chi connectivity index (χ4v) is 3.89. The van der Waals surface area contributed by atoms with Crippen LogP contribution in [0.1, 0.15) is 6.92 Å². The number of urea groups is 1. The molecule has 29 heavy (non-hydrogen) atoms. The van der Waals surface area contributed by atoms with Crippen LogP contribution in [0.4, 0.5) is 10.5 Å². The van der Waals surface area contributed by atoms with Crippen molar-refractivity contribution in [3.05, 3.63) is 60.7 Å². The van der Waals surface area contributed by atoms with E-state index in [4.69, 9.17) is 4.74 Å². The summed E-state index contributed by atoms with van der Waals surface area (Å²) in [4.78, 5) is 16.5. The van der Waals surface area contributed by atoms with Crippen molar-refractivity contribution in [2.75, 3.05) is 57.8 Å². The number of benzene rings is 2. The van der Waals surface area contributed by atoms with Crippen molar-refractivity contribution in [2.24, 2.45) is 0 Å². The van der Waals surface area contributed by atoms with Crippen molar-refractivity contribution in [2.45, 2.75) is 13.0 Å². The van der Waals surface area contributed by atoms with Gasteiger partial charge in [-0.25, -0.2) is 4.79 Å². The molecule has 1 atom stereocenters. The summed E-state index contributed by atoms with van der Waals surface area (Å²) >= 11 is 0. The first-order valence-corrected chi connectivity index (χ1v) is 10.3. The lowest BCUT2D eigenvalue weighted by Crippen LogP contribution is -2.63. The van der Waals surface area contributed by atoms with E-state index in [1.54, 1.807) is 4.90 Å². The summed E-state index contributed by atoms with van der Waals surface area (Å²) in [6.45, 7) is 7.06. The van der Waals surface area contributed by atoms with Crippen molar-refractivity contribution >= 4 is 11.7 Å². The molecule has 3 rings (SSSR count). The number of aliphatic hydroxyl groups excluding tert-OH is 1. The van der Waals surface area contributed by atoms with Crippen molar-refractivity contribution in [3.8, 4) is 5.75 Å². The second kappa shape index (κ2) is 9.76. The zero-order valence-corrected chi connectivity index (χ0v) is 17.4. The molecule has 1 aliphatic rings. The molecule has 0 bridgehead atoms. The number of ether oxygens (including phenoxy) is 1. The highest BCUT2D eigenvalue weighted by Crippen LogP contribution is 2.19. The Morgan fingerprint density at radius 3 is 2.28 bits per heavy atom. The molecule has 0 aliphatic carbocycles. The topological polar surface area (TPSA) is 53.0 Å². The molecule has 2 amide bonds. The fraction of sp³-hybridized carbons (Fsp3) is 0.435. The molecule has 0 aromatic heterocycles.